The minimum absolute atomic E-state index is 0.0328. The highest BCUT2D eigenvalue weighted by Crippen LogP contribution is 2.31. The molecule has 0 heterocycles. The van der Waals surface area contributed by atoms with E-state index in [4.69, 9.17) is 5.11 Å². The van der Waals surface area contributed by atoms with Gasteiger partial charge in [0, 0.05) is 5.92 Å². The van der Waals surface area contributed by atoms with Crippen LogP contribution in [0, 0.1) is 11.3 Å². The van der Waals surface area contributed by atoms with Gasteiger partial charge in [-0.1, -0.05) is 27.7 Å². The monoisotopic (exact) mass is 190 g/mol. The van der Waals surface area contributed by atoms with E-state index in [1.165, 1.54) is 6.92 Å². The Balaban J connectivity index is 4.34. The van der Waals surface area contributed by atoms with Crippen LogP contribution in [0.4, 0.5) is 0 Å². The zero-order valence-electron chi connectivity index (χ0n) is 9.20. The molecule has 0 saturated heterocycles. The average molecular weight is 190 g/mol. The summed E-state index contributed by atoms with van der Waals surface area (Å²) in [5.41, 5.74) is 0.0328. The van der Waals surface area contributed by atoms with Crippen molar-refractivity contribution in [1.29, 1.82) is 0 Å². The Hall–Kier alpha value is -0.120. The van der Waals surface area contributed by atoms with Gasteiger partial charge in [0.2, 0.25) is 0 Å². The van der Waals surface area contributed by atoms with Crippen molar-refractivity contribution in [2.75, 3.05) is 0 Å². The fourth-order valence-corrected chi connectivity index (χ4v) is 1.48. The molecule has 2 atom stereocenters. The van der Waals surface area contributed by atoms with Gasteiger partial charge in [0.1, 0.15) is 6.10 Å². The number of aliphatic hydroxyl groups excluding tert-OH is 1. The van der Waals surface area contributed by atoms with Gasteiger partial charge >= 0.3 is 0 Å². The highest BCUT2D eigenvalue weighted by atomic mass is 16.5. The Morgan fingerprint density at radius 1 is 1.08 bits per heavy atom. The molecule has 0 amide bonds. The predicted molar refractivity (Wildman–Crippen MR) is 52.1 cm³/mol. The van der Waals surface area contributed by atoms with E-state index in [0.717, 1.165) is 0 Å². The molecule has 0 saturated carbocycles. The molecule has 0 bridgehead atoms. The SMILES string of the molecule is CC(O)C(O)(O)C(C)CC(C)(C)C. The molecule has 0 radical (unpaired) electrons. The summed E-state index contributed by atoms with van der Waals surface area (Å²) < 4.78 is 0. The molecule has 3 N–H and O–H groups in total. The zero-order valence-corrected chi connectivity index (χ0v) is 9.20. The maximum absolute atomic E-state index is 9.53. The van der Waals surface area contributed by atoms with E-state index in [1.54, 1.807) is 6.92 Å². The third-order valence-electron chi connectivity index (χ3n) is 2.26. The Bertz CT molecular complexity index is 156. The van der Waals surface area contributed by atoms with Gasteiger partial charge in [-0.25, -0.2) is 0 Å². The minimum Gasteiger partial charge on any atom is -0.388 e. The fraction of sp³-hybridized carbons (Fsp3) is 1.00. The molecule has 0 spiro atoms. The van der Waals surface area contributed by atoms with E-state index in [0.29, 0.717) is 6.42 Å². The molecule has 2 unspecified atom stereocenters. The van der Waals surface area contributed by atoms with Crippen LogP contribution in [0.5, 0.6) is 0 Å². The molecule has 13 heavy (non-hydrogen) atoms. The lowest BCUT2D eigenvalue weighted by molar-refractivity contribution is -0.253. The quantitative estimate of drug-likeness (QED) is 0.584. The third-order valence-corrected chi connectivity index (χ3v) is 2.26. The molecule has 0 aromatic carbocycles. The van der Waals surface area contributed by atoms with Crippen molar-refractivity contribution >= 4 is 0 Å². The van der Waals surface area contributed by atoms with Crippen molar-refractivity contribution in [1.82, 2.24) is 0 Å². The maximum atomic E-state index is 9.53. The average Bonchev–Trinajstić information content (AvgIpc) is 1.82. The molecule has 80 valence electrons. The van der Waals surface area contributed by atoms with Crippen LogP contribution in [0.15, 0.2) is 0 Å². The smallest absolute Gasteiger partial charge is 0.191 e. The predicted octanol–water partition coefficient (Wildman–Crippen LogP) is 1.12. The lowest BCUT2D eigenvalue weighted by Crippen LogP contribution is -2.47. The summed E-state index contributed by atoms with van der Waals surface area (Å²) in [6.07, 6.45) is -0.463. The second kappa shape index (κ2) is 3.95. The van der Waals surface area contributed by atoms with E-state index in [1.807, 2.05) is 20.8 Å². The second-order valence-corrected chi connectivity index (χ2v) is 5.12. The van der Waals surface area contributed by atoms with Crippen molar-refractivity contribution in [3.05, 3.63) is 0 Å². The topological polar surface area (TPSA) is 60.7 Å². The number of hydrogen-bond acceptors (Lipinski definition) is 3. The highest BCUT2D eigenvalue weighted by Gasteiger charge is 2.37. The summed E-state index contributed by atoms with van der Waals surface area (Å²) in [6, 6.07) is 0. The molecule has 3 heteroatoms. The van der Waals surface area contributed by atoms with Crippen LogP contribution < -0.4 is 0 Å². The largest absolute Gasteiger partial charge is 0.388 e. The van der Waals surface area contributed by atoms with Gasteiger partial charge in [-0.2, -0.15) is 0 Å². The summed E-state index contributed by atoms with van der Waals surface area (Å²) in [6.45, 7) is 9.21. The van der Waals surface area contributed by atoms with E-state index >= 15 is 0 Å². The summed E-state index contributed by atoms with van der Waals surface area (Å²) in [7, 11) is 0. The van der Waals surface area contributed by atoms with Crippen LogP contribution in [0.1, 0.15) is 41.0 Å². The van der Waals surface area contributed by atoms with Crippen molar-refractivity contribution in [3.8, 4) is 0 Å². The fourth-order valence-electron chi connectivity index (χ4n) is 1.48. The molecule has 0 aromatic rings. The first kappa shape index (κ1) is 12.9. The first-order valence-corrected chi connectivity index (χ1v) is 4.70. The van der Waals surface area contributed by atoms with E-state index in [9.17, 15) is 10.2 Å². The van der Waals surface area contributed by atoms with Gasteiger partial charge in [-0.15, -0.1) is 0 Å². The Labute approximate surface area is 80.4 Å². The standard InChI is InChI=1S/C10H22O3/c1-7(6-9(3,4)5)10(12,13)8(2)11/h7-8,11-13H,6H2,1-5H3. The molecule has 3 nitrogen and oxygen atoms in total. The summed E-state index contributed by atoms with van der Waals surface area (Å²) in [4.78, 5) is 0. The van der Waals surface area contributed by atoms with Crippen LogP contribution >= 0.6 is 0 Å². The normalized spacial score (nSPS) is 18.5. The molecule has 0 aliphatic rings. The van der Waals surface area contributed by atoms with Gasteiger partial charge < -0.3 is 15.3 Å². The van der Waals surface area contributed by atoms with E-state index < -0.39 is 11.9 Å². The Morgan fingerprint density at radius 2 is 1.46 bits per heavy atom. The zero-order chi connectivity index (χ0) is 10.9. The first-order chi connectivity index (χ1) is 5.57. The number of aliphatic hydroxyl groups is 3. The summed E-state index contributed by atoms with van der Waals surface area (Å²) in [5.74, 6) is -2.32. The molecule has 0 aliphatic carbocycles. The van der Waals surface area contributed by atoms with E-state index in [-0.39, 0.29) is 11.3 Å². The van der Waals surface area contributed by atoms with E-state index in [2.05, 4.69) is 0 Å². The lowest BCUT2D eigenvalue weighted by Gasteiger charge is -2.35. The van der Waals surface area contributed by atoms with Crippen LogP contribution in [0.25, 0.3) is 0 Å². The lowest BCUT2D eigenvalue weighted by atomic mass is 9.80. The number of rotatable bonds is 3. The molecule has 0 fully saturated rings. The molecule has 0 rings (SSSR count). The molecular weight excluding hydrogens is 168 g/mol. The summed E-state index contributed by atoms with van der Waals surface area (Å²) >= 11 is 0. The molecule has 0 aliphatic heterocycles. The first-order valence-electron chi connectivity index (χ1n) is 4.70. The van der Waals surface area contributed by atoms with Gasteiger partial charge in [0.05, 0.1) is 0 Å². The van der Waals surface area contributed by atoms with Crippen LogP contribution in [-0.4, -0.2) is 27.2 Å². The van der Waals surface area contributed by atoms with Gasteiger partial charge in [-0.3, -0.25) is 0 Å². The van der Waals surface area contributed by atoms with Crippen LogP contribution in [-0.2, 0) is 0 Å². The van der Waals surface area contributed by atoms with Gasteiger partial charge in [0.25, 0.3) is 0 Å². The summed E-state index contributed by atoms with van der Waals surface area (Å²) in [5, 5.41) is 28.2. The second-order valence-electron chi connectivity index (χ2n) is 5.12. The van der Waals surface area contributed by atoms with Gasteiger partial charge in [0.15, 0.2) is 5.79 Å². The Kier molecular flexibility index (Phi) is 3.91. The van der Waals surface area contributed by atoms with Crippen molar-refractivity contribution in [3.63, 3.8) is 0 Å². The van der Waals surface area contributed by atoms with Crippen molar-refractivity contribution in [2.45, 2.75) is 52.9 Å². The molecular formula is C10H22O3. The molecule has 0 aromatic heterocycles. The third kappa shape index (κ3) is 4.07. The van der Waals surface area contributed by atoms with Crippen LogP contribution in [0.2, 0.25) is 0 Å². The Morgan fingerprint density at radius 3 is 1.69 bits per heavy atom. The maximum Gasteiger partial charge on any atom is 0.191 e. The van der Waals surface area contributed by atoms with Gasteiger partial charge in [-0.05, 0) is 18.8 Å². The highest BCUT2D eigenvalue weighted by molar-refractivity contribution is 4.81. The van der Waals surface area contributed by atoms with Crippen molar-refractivity contribution < 1.29 is 15.3 Å². The van der Waals surface area contributed by atoms with Crippen molar-refractivity contribution in [2.24, 2.45) is 11.3 Å². The van der Waals surface area contributed by atoms with Crippen LogP contribution in [0.3, 0.4) is 0 Å². The minimum atomic E-state index is -1.98. The number of hydrogen-bond donors (Lipinski definition) is 3.